The van der Waals surface area contributed by atoms with E-state index >= 15 is 0 Å². The summed E-state index contributed by atoms with van der Waals surface area (Å²) >= 11 is 0. The maximum absolute atomic E-state index is 12.6. The molecule has 3 aromatic rings. The molecule has 128 valence electrons. The number of methoxy groups -OCH3 is 1. The summed E-state index contributed by atoms with van der Waals surface area (Å²) in [5.74, 6) is 0.744. The maximum Gasteiger partial charge on any atom is 0.258 e. The molecule has 0 bridgehead atoms. The maximum atomic E-state index is 12.6. The molecule has 0 spiro atoms. The molecule has 1 N–H and O–H groups in total. The van der Waals surface area contributed by atoms with Gasteiger partial charge < -0.3 is 15.0 Å². The number of piperazine rings is 1. The van der Waals surface area contributed by atoms with Crippen molar-refractivity contribution in [3.63, 3.8) is 0 Å². The third-order valence-electron chi connectivity index (χ3n) is 4.49. The molecule has 0 aliphatic carbocycles. The first-order valence-corrected chi connectivity index (χ1v) is 8.38. The van der Waals surface area contributed by atoms with Gasteiger partial charge in [0.2, 0.25) is 0 Å². The highest BCUT2D eigenvalue weighted by Crippen LogP contribution is 2.22. The smallest absolute Gasteiger partial charge is 0.258 e. The molecule has 25 heavy (non-hydrogen) atoms. The van der Waals surface area contributed by atoms with E-state index in [9.17, 15) is 4.79 Å². The van der Waals surface area contributed by atoms with Gasteiger partial charge in [-0.1, -0.05) is 12.1 Å². The molecule has 0 amide bonds. The summed E-state index contributed by atoms with van der Waals surface area (Å²) < 4.78 is 6.87. The van der Waals surface area contributed by atoms with E-state index < -0.39 is 0 Å². The summed E-state index contributed by atoms with van der Waals surface area (Å²) in [6.45, 7) is 3.80. The van der Waals surface area contributed by atoms with E-state index in [1.54, 1.807) is 17.6 Å². The van der Waals surface area contributed by atoms with Gasteiger partial charge in [-0.2, -0.15) is 0 Å². The Hall–Kier alpha value is -2.86. The number of nitrogens with zero attached hydrogens (tertiary/aromatic N) is 3. The Balaban J connectivity index is 1.76. The van der Waals surface area contributed by atoms with Crippen molar-refractivity contribution in [3.8, 4) is 17.0 Å². The molecule has 1 aliphatic heterocycles. The van der Waals surface area contributed by atoms with Crippen LogP contribution in [0.4, 0.5) is 5.69 Å². The van der Waals surface area contributed by atoms with Crippen LogP contribution in [0.1, 0.15) is 0 Å². The number of benzene rings is 1. The van der Waals surface area contributed by atoms with Crippen LogP contribution in [0.25, 0.3) is 16.9 Å². The number of hydrogen-bond donors (Lipinski definition) is 1. The van der Waals surface area contributed by atoms with Crippen molar-refractivity contribution in [2.24, 2.45) is 0 Å². The zero-order chi connectivity index (χ0) is 17.2. The van der Waals surface area contributed by atoms with Gasteiger partial charge in [0.1, 0.15) is 11.4 Å². The monoisotopic (exact) mass is 336 g/mol. The zero-order valence-corrected chi connectivity index (χ0v) is 14.1. The van der Waals surface area contributed by atoms with Crippen LogP contribution in [0.5, 0.6) is 5.75 Å². The van der Waals surface area contributed by atoms with Crippen molar-refractivity contribution in [2.45, 2.75) is 0 Å². The summed E-state index contributed by atoms with van der Waals surface area (Å²) in [5, 5.41) is 3.34. The Morgan fingerprint density at radius 1 is 1.12 bits per heavy atom. The van der Waals surface area contributed by atoms with Crippen LogP contribution in [0.15, 0.2) is 53.5 Å². The van der Waals surface area contributed by atoms with Crippen molar-refractivity contribution in [3.05, 3.63) is 59.0 Å². The third kappa shape index (κ3) is 3.08. The van der Waals surface area contributed by atoms with Crippen LogP contribution in [0.3, 0.4) is 0 Å². The van der Waals surface area contributed by atoms with E-state index in [-0.39, 0.29) is 5.56 Å². The van der Waals surface area contributed by atoms with Crippen molar-refractivity contribution < 1.29 is 4.74 Å². The average Bonchev–Trinajstić information content (AvgIpc) is 2.68. The van der Waals surface area contributed by atoms with Crippen LogP contribution in [-0.4, -0.2) is 42.7 Å². The summed E-state index contributed by atoms with van der Waals surface area (Å²) in [7, 11) is 1.62. The Morgan fingerprint density at radius 2 is 1.96 bits per heavy atom. The third-order valence-corrected chi connectivity index (χ3v) is 4.49. The molecule has 0 radical (unpaired) electrons. The minimum Gasteiger partial charge on any atom is -0.497 e. The molecule has 1 saturated heterocycles. The molecule has 6 heteroatoms. The van der Waals surface area contributed by atoms with Crippen LogP contribution < -0.4 is 20.5 Å². The number of nitrogens with one attached hydrogen (secondary N) is 1. The molecule has 6 nitrogen and oxygen atoms in total. The zero-order valence-electron chi connectivity index (χ0n) is 14.1. The Bertz CT molecular complexity index is 961. The molecule has 4 rings (SSSR count). The van der Waals surface area contributed by atoms with E-state index in [0.29, 0.717) is 11.3 Å². The van der Waals surface area contributed by atoms with Gasteiger partial charge in [-0.3, -0.25) is 9.20 Å². The minimum absolute atomic E-state index is 0.0835. The van der Waals surface area contributed by atoms with Crippen LogP contribution >= 0.6 is 0 Å². The first kappa shape index (κ1) is 15.7. The van der Waals surface area contributed by atoms with Crippen LogP contribution in [0, 0.1) is 0 Å². The van der Waals surface area contributed by atoms with Gasteiger partial charge in [-0.05, 0) is 24.3 Å². The Kier molecular flexibility index (Phi) is 4.11. The number of hydrogen-bond acceptors (Lipinski definition) is 5. The fourth-order valence-electron chi connectivity index (χ4n) is 3.13. The van der Waals surface area contributed by atoms with Gasteiger partial charge in [0.15, 0.2) is 0 Å². The molecule has 1 fully saturated rings. The highest BCUT2D eigenvalue weighted by molar-refractivity contribution is 5.64. The topological polar surface area (TPSA) is 58.9 Å². The second-order valence-electron chi connectivity index (χ2n) is 6.06. The summed E-state index contributed by atoms with van der Waals surface area (Å²) in [6, 6.07) is 13.1. The lowest BCUT2D eigenvalue weighted by molar-refractivity contribution is 0.415. The summed E-state index contributed by atoms with van der Waals surface area (Å²) in [4.78, 5) is 19.5. The molecule has 1 aromatic carbocycles. The number of anilines is 1. The normalized spacial score (nSPS) is 14.7. The van der Waals surface area contributed by atoms with Gasteiger partial charge in [-0.15, -0.1) is 0 Å². The standard InChI is InChI=1S/C19H20N4O2/c1-25-16-4-2-3-14(11-16)17-12-19(24)23-13-15(5-6-18(23)21-17)22-9-7-20-8-10-22/h2-6,11-13,20H,7-10H2,1H3. The fraction of sp³-hybridized carbons (Fsp3) is 0.263. The molecule has 2 aromatic heterocycles. The number of aromatic nitrogens is 2. The van der Waals surface area contributed by atoms with E-state index in [1.807, 2.05) is 42.6 Å². The van der Waals surface area contributed by atoms with Gasteiger partial charge in [0.25, 0.3) is 5.56 Å². The molecule has 0 saturated carbocycles. The number of fused-ring (bicyclic) bond motifs is 1. The number of rotatable bonds is 3. The first-order valence-electron chi connectivity index (χ1n) is 8.38. The number of pyridine rings is 1. The predicted molar refractivity (Wildman–Crippen MR) is 98.5 cm³/mol. The minimum atomic E-state index is -0.0835. The van der Waals surface area contributed by atoms with Crippen LogP contribution in [-0.2, 0) is 0 Å². The lowest BCUT2D eigenvalue weighted by Crippen LogP contribution is -2.43. The second kappa shape index (κ2) is 6.57. The summed E-state index contributed by atoms with van der Waals surface area (Å²) in [5.41, 5.74) is 3.12. The van der Waals surface area contributed by atoms with Crippen LogP contribution in [0.2, 0.25) is 0 Å². The van der Waals surface area contributed by atoms with Crippen molar-refractivity contribution >= 4 is 11.3 Å². The highest BCUT2D eigenvalue weighted by atomic mass is 16.5. The molecule has 0 unspecified atom stereocenters. The van der Waals surface area contributed by atoms with Gasteiger partial charge in [0.05, 0.1) is 18.5 Å². The molecular weight excluding hydrogens is 316 g/mol. The van der Waals surface area contributed by atoms with Crippen molar-refractivity contribution in [1.29, 1.82) is 0 Å². The highest BCUT2D eigenvalue weighted by Gasteiger charge is 2.12. The van der Waals surface area contributed by atoms with Gasteiger partial charge in [-0.25, -0.2) is 4.98 Å². The van der Waals surface area contributed by atoms with E-state index in [2.05, 4.69) is 15.2 Å². The SMILES string of the molecule is COc1cccc(-c2cc(=O)n3cc(N4CCNCC4)ccc3n2)c1. The number of ether oxygens (including phenoxy) is 1. The molecule has 1 aliphatic rings. The van der Waals surface area contributed by atoms with Gasteiger partial charge >= 0.3 is 0 Å². The lowest BCUT2D eigenvalue weighted by Gasteiger charge is -2.29. The first-order chi connectivity index (χ1) is 12.2. The van der Waals surface area contributed by atoms with Gasteiger partial charge in [0, 0.05) is 44.0 Å². The molecule has 0 atom stereocenters. The quantitative estimate of drug-likeness (QED) is 0.790. The second-order valence-corrected chi connectivity index (χ2v) is 6.06. The van der Waals surface area contributed by atoms with E-state index in [0.717, 1.165) is 43.2 Å². The molecular formula is C19H20N4O2. The summed E-state index contributed by atoms with van der Waals surface area (Å²) in [6.07, 6.45) is 1.88. The fourth-order valence-corrected chi connectivity index (χ4v) is 3.13. The van der Waals surface area contributed by atoms with E-state index in [4.69, 9.17) is 4.74 Å². The van der Waals surface area contributed by atoms with E-state index in [1.165, 1.54) is 0 Å². The average molecular weight is 336 g/mol. The molecule has 3 heterocycles. The predicted octanol–water partition coefficient (Wildman–Crippen LogP) is 1.78. The van der Waals surface area contributed by atoms with Crippen molar-refractivity contribution in [2.75, 3.05) is 38.2 Å². The van der Waals surface area contributed by atoms with Crippen molar-refractivity contribution in [1.82, 2.24) is 14.7 Å². The lowest BCUT2D eigenvalue weighted by atomic mass is 10.1. The Morgan fingerprint density at radius 3 is 2.76 bits per heavy atom. The Labute approximate surface area is 145 Å². The largest absolute Gasteiger partial charge is 0.497 e.